The average molecular weight is 178 g/mol. The Hall–Kier alpha value is -0.567. The molecule has 43 valence electrons. The maximum absolute atomic E-state index is 10.6. The molecule has 1 nitrogen and oxygen atoms in total. The summed E-state index contributed by atoms with van der Waals surface area (Å²) in [5.74, 6) is 0. The fraction of sp³-hybridized carbons (Fsp3) is 0. The van der Waals surface area contributed by atoms with E-state index < -0.39 is 0 Å². The molecule has 0 atom stereocenters. The molecule has 0 spiro atoms. The number of hydrogen-bond donors (Lipinski definition) is 0. The molecule has 1 rings (SSSR count). The van der Waals surface area contributed by atoms with E-state index in [9.17, 15) is 4.79 Å². The zero-order valence-electron chi connectivity index (χ0n) is 4.79. The number of carbonyl (C=O) groups is 1. The molecule has 0 bridgehead atoms. The van der Waals surface area contributed by atoms with Crippen molar-refractivity contribution in [3.05, 3.63) is 35.9 Å². The molecule has 0 amide bonds. The van der Waals surface area contributed by atoms with Gasteiger partial charge < -0.3 is 0 Å². The SMILES string of the molecule is O=[C]([Ge])c1ccccc1. The summed E-state index contributed by atoms with van der Waals surface area (Å²) in [6.07, 6.45) is 0. The van der Waals surface area contributed by atoms with Crippen LogP contribution >= 0.6 is 0 Å². The van der Waals surface area contributed by atoms with E-state index >= 15 is 0 Å². The summed E-state index contributed by atoms with van der Waals surface area (Å²) in [6.45, 7) is 0. The summed E-state index contributed by atoms with van der Waals surface area (Å²) in [4.78, 5) is 10.6. The van der Waals surface area contributed by atoms with Gasteiger partial charge in [-0.15, -0.1) is 0 Å². The minimum atomic E-state index is 0.121. The van der Waals surface area contributed by atoms with Crippen LogP contribution in [0.1, 0.15) is 10.4 Å². The van der Waals surface area contributed by atoms with E-state index in [0.29, 0.717) is 0 Å². The molecule has 0 aliphatic rings. The van der Waals surface area contributed by atoms with Crippen molar-refractivity contribution in [3.63, 3.8) is 0 Å². The second-order valence-electron chi connectivity index (χ2n) is 1.70. The van der Waals surface area contributed by atoms with Gasteiger partial charge in [0.05, 0.1) is 0 Å². The summed E-state index contributed by atoms with van der Waals surface area (Å²) >= 11 is 1.56. The van der Waals surface area contributed by atoms with Gasteiger partial charge in [-0.25, -0.2) is 0 Å². The number of hydrogen-bond acceptors (Lipinski definition) is 1. The first-order valence-corrected chi connectivity index (χ1v) is 3.66. The maximum atomic E-state index is 10.6. The molecule has 0 fully saturated rings. The molecule has 2 heteroatoms. The van der Waals surface area contributed by atoms with E-state index in [1.807, 2.05) is 30.3 Å². The Morgan fingerprint density at radius 3 is 2.11 bits per heavy atom. The fourth-order valence-corrected chi connectivity index (χ4v) is 0.939. The van der Waals surface area contributed by atoms with Crippen molar-refractivity contribution in [2.24, 2.45) is 0 Å². The van der Waals surface area contributed by atoms with E-state index in [-0.39, 0.29) is 4.62 Å². The van der Waals surface area contributed by atoms with Gasteiger partial charge in [0.25, 0.3) is 0 Å². The molecule has 0 aliphatic carbocycles. The monoisotopic (exact) mass is 179 g/mol. The van der Waals surface area contributed by atoms with Crippen LogP contribution in [-0.4, -0.2) is 21.1 Å². The van der Waals surface area contributed by atoms with Crippen molar-refractivity contribution in [3.8, 4) is 0 Å². The van der Waals surface area contributed by atoms with Crippen LogP contribution in [0.3, 0.4) is 0 Å². The second-order valence-corrected chi connectivity index (χ2v) is 2.65. The van der Waals surface area contributed by atoms with Crippen LogP contribution in [0, 0.1) is 0 Å². The van der Waals surface area contributed by atoms with Gasteiger partial charge in [-0.1, -0.05) is 0 Å². The molecule has 0 unspecified atom stereocenters. The molecule has 0 saturated carbocycles. The third-order valence-electron chi connectivity index (χ3n) is 1.04. The summed E-state index contributed by atoms with van der Waals surface area (Å²) in [6, 6.07) is 9.23. The van der Waals surface area contributed by atoms with E-state index in [1.165, 1.54) is 0 Å². The van der Waals surface area contributed by atoms with Gasteiger partial charge in [-0.3, -0.25) is 0 Å². The third kappa shape index (κ3) is 1.68. The molecule has 0 heterocycles. The number of carbonyl (C=O) groups excluding carboxylic acids is 1. The minimum absolute atomic E-state index is 0.121. The summed E-state index contributed by atoms with van der Waals surface area (Å²) in [5.41, 5.74) is 0.775. The predicted octanol–water partition coefficient (Wildman–Crippen LogP) is 0.995. The quantitative estimate of drug-likeness (QED) is 0.585. The number of rotatable bonds is 1. The van der Waals surface area contributed by atoms with Crippen LogP contribution in [-0.2, 0) is 0 Å². The summed E-state index contributed by atoms with van der Waals surface area (Å²) in [7, 11) is 0. The Morgan fingerprint density at radius 1 is 1.22 bits per heavy atom. The second kappa shape index (κ2) is 2.83. The van der Waals surface area contributed by atoms with E-state index in [4.69, 9.17) is 0 Å². The standard InChI is InChI=1S/C7H5GeO/c8-7(9)6-4-2-1-3-5-6/h1-5H. The van der Waals surface area contributed by atoms with Crippen molar-refractivity contribution >= 4 is 21.1 Å². The fourth-order valence-electron chi connectivity index (χ4n) is 0.590. The van der Waals surface area contributed by atoms with Crippen molar-refractivity contribution in [1.82, 2.24) is 0 Å². The van der Waals surface area contributed by atoms with Gasteiger partial charge in [0.1, 0.15) is 0 Å². The first-order valence-electron chi connectivity index (χ1n) is 2.61. The molecule has 0 aromatic heterocycles. The molecular weight excluding hydrogens is 173 g/mol. The molecule has 1 aromatic rings. The predicted molar refractivity (Wildman–Crippen MR) is 36.5 cm³/mol. The molecule has 1 aromatic carbocycles. The first kappa shape index (κ1) is 6.55. The summed E-state index contributed by atoms with van der Waals surface area (Å²) < 4.78 is 0.121. The Bertz CT molecular complexity index is 205. The Kier molecular flexibility index (Phi) is 2.06. The Labute approximate surface area is 62.3 Å². The van der Waals surface area contributed by atoms with Crippen molar-refractivity contribution in [1.29, 1.82) is 0 Å². The van der Waals surface area contributed by atoms with Crippen molar-refractivity contribution in [2.75, 3.05) is 0 Å². The third-order valence-corrected chi connectivity index (χ3v) is 1.64. The van der Waals surface area contributed by atoms with Crippen LogP contribution in [0.4, 0.5) is 0 Å². The van der Waals surface area contributed by atoms with Crippen molar-refractivity contribution < 1.29 is 4.79 Å². The van der Waals surface area contributed by atoms with Gasteiger partial charge in [0.15, 0.2) is 0 Å². The van der Waals surface area contributed by atoms with Gasteiger partial charge in [0.2, 0.25) is 0 Å². The molecule has 0 aliphatic heterocycles. The van der Waals surface area contributed by atoms with Crippen LogP contribution in [0.2, 0.25) is 0 Å². The average Bonchev–Trinajstić information content (AvgIpc) is 1.90. The van der Waals surface area contributed by atoms with E-state index in [2.05, 4.69) is 0 Å². The topological polar surface area (TPSA) is 17.1 Å². The summed E-state index contributed by atoms with van der Waals surface area (Å²) in [5, 5.41) is 0. The Morgan fingerprint density at radius 2 is 1.78 bits per heavy atom. The van der Waals surface area contributed by atoms with Gasteiger partial charge in [-0.2, -0.15) is 0 Å². The molecule has 0 N–H and O–H groups in total. The molecule has 9 heavy (non-hydrogen) atoms. The molecule has 3 radical (unpaired) electrons. The van der Waals surface area contributed by atoms with Gasteiger partial charge in [0, 0.05) is 0 Å². The number of benzene rings is 1. The van der Waals surface area contributed by atoms with Crippen LogP contribution in [0.15, 0.2) is 30.3 Å². The zero-order valence-corrected chi connectivity index (χ0v) is 6.89. The van der Waals surface area contributed by atoms with Crippen LogP contribution in [0.5, 0.6) is 0 Å². The first-order chi connectivity index (χ1) is 4.30. The van der Waals surface area contributed by atoms with E-state index in [0.717, 1.165) is 5.56 Å². The van der Waals surface area contributed by atoms with Crippen LogP contribution in [0.25, 0.3) is 0 Å². The van der Waals surface area contributed by atoms with Crippen molar-refractivity contribution in [2.45, 2.75) is 0 Å². The van der Waals surface area contributed by atoms with Gasteiger partial charge in [-0.05, 0) is 0 Å². The zero-order chi connectivity index (χ0) is 6.69. The molecular formula is C7H5GeO. The molecule has 0 saturated heterocycles. The van der Waals surface area contributed by atoms with Crippen LogP contribution < -0.4 is 0 Å². The normalized spacial score (nSPS) is 9.00. The Balaban J connectivity index is 2.98. The van der Waals surface area contributed by atoms with E-state index in [1.54, 1.807) is 16.5 Å². The van der Waals surface area contributed by atoms with Gasteiger partial charge >= 0.3 is 61.8 Å².